The van der Waals surface area contributed by atoms with E-state index in [1.54, 1.807) is 0 Å². The highest BCUT2D eigenvalue weighted by Crippen LogP contribution is 2.41. The van der Waals surface area contributed by atoms with Gasteiger partial charge >= 0.3 is 6.18 Å². The van der Waals surface area contributed by atoms with Crippen LogP contribution < -0.4 is 0 Å². The molecule has 0 aliphatic carbocycles. The van der Waals surface area contributed by atoms with Crippen LogP contribution in [0.15, 0.2) is 18.3 Å². The zero-order valence-electron chi connectivity index (χ0n) is 11.6. The molecule has 2 fully saturated rings. The molecule has 0 saturated carbocycles. The lowest BCUT2D eigenvalue weighted by Gasteiger charge is -2.50. The number of aromatic nitrogens is 1. The van der Waals surface area contributed by atoms with Crippen LogP contribution in [0.3, 0.4) is 0 Å². The predicted octanol–water partition coefficient (Wildman–Crippen LogP) is 1.78. The van der Waals surface area contributed by atoms with Crippen LogP contribution in [0.2, 0.25) is 0 Å². The Hall–Kier alpha value is -1.18. The third kappa shape index (κ3) is 2.65. The van der Waals surface area contributed by atoms with Gasteiger partial charge in [0.05, 0.1) is 18.8 Å². The van der Waals surface area contributed by atoms with Crippen molar-refractivity contribution in [1.82, 2.24) is 9.88 Å². The minimum absolute atomic E-state index is 0.0185. The van der Waals surface area contributed by atoms with E-state index in [4.69, 9.17) is 4.74 Å². The van der Waals surface area contributed by atoms with E-state index in [1.807, 2.05) is 7.05 Å². The summed E-state index contributed by atoms with van der Waals surface area (Å²) in [6.45, 7) is 0.985. The van der Waals surface area contributed by atoms with E-state index in [0.29, 0.717) is 26.1 Å². The summed E-state index contributed by atoms with van der Waals surface area (Å²) >= 11 is 0. The van der Waals surface area contributed by atoms with Crippen LogP contribution in [0, 0.1) is 0 Å². The number of hydrogen-bond acceptors (Lipinski definition) is 4. The number of halogens is 3. The van der Waals surface area contributed by atoms with E-state index in [2.05, 4.69) is 9.88 Å². The maximum absolute atomic E-state index is 12.8. The highest BCUT2D eigenvalue weighted by Gasteiger charge is 2.46. The van der Waals surface area contributed by atoms with Crippen LogP contribution in [0.25, 0.3) is 0 Å². The molecule has 0 spiro atoms. The molecule has 2 aliphatic heterocycles. The second-order valence-electron chi connectivity index (χ2n) is 5.88. The Morgan fingerprint density at radius 1 is 1.33 bits per heavy atom. The van der Waals surface area contributed by atoms with Gasteiger partial charge in [-0.1, -0.05) is 0 Å². The molecule has 0 amide bonds. The van der Waals surface area contributed by atoms with Crippen LogP contribution in [0.4, 0.5) is 13.2 Å². The number of rotatable bonds is 1. The minimum Gasteiger partial charge on any atom is -0.385 e. The lowest BCUT2D eigenvalue weighted by molar-refractivity contribution is -0.143. The first-order chi connectivity index (χ1) is 9.79. The zero-order chi connectivity index (χ0) is 15.3. The fourth-order valence-electron chi connectivity index (χ4n) is 3.25. The first-order valence-electron chi connectivity index (χ1n) is 6.85. The summed E-state index contributed by atoms with van der Waals surface area (Å²) in [6, 6.07) is 2.47. The Kier molecular flexibility index (Phi) is 3.46. The fourth-order valence-corrected chi connectivity index (χ4v) is 3.25. The summed E-state index contributed by atoms with van der Waals surface area (Å²) in [5.74, 6) is 0. The number of hydrogen-bond donors (Lipinski definition) is 1. The summed E-state index contributed by atoms with van der Waals surface area (Å²) in [7, 11) is 1.96. The molecule has 2 bridgehead atoms. The smallest absolute Gasteiger partial charge is 0.385 e. The van der Waals surface area contributed by atoms with Crippen LogP contribution >= 0.6 is 0 Å². The maximum Gasteiger partial charge on any atom is 0.433 e. The quantitative estimate of drug-likeness (QED) is 0.859. The van der Waals surface area contributed by atoms with Crippen molar-refractivity contribution in [2.24, 2.45) is 0 Å². The minimum atomic E-state index is -4.50. The molecule has 2 saturated heterocycles. The molecule has 0 aromatic carbocycles. The number of aliphatic hydroxyl groups is 1. The Labute approximate surface area is 120 Å². The van der Waals surface area contributed by atoms with E-state index in [-0.39, 0.29) is 17.6 Å². The van der Waals surface area contributed by atoms with E-state index in [1.165, 1.54) is 6.07 Å². The normalized spacial score (nSPS) is 34.0. The first kappa shape index (κ1) is 14.7. The van der Waals surface area contributed by atoms with Crippen LogP contribution in [0.1, 0.15) is 24.1 Å². The van der Waals surface area contributed by atoms with Crippen LogP contribution in [-0.4, -0.2) is 47.3 Å². The predicted molar refractivity (Wildman–Crippen MR) is 68.5 cm³/mol. The number of fused-ring (bicyclic) bond motifs is 2. The second kappa shape index (κ2) is 4.93. The van der Waals surface area contributed by atoms with Gasteiger partial charge in [0.1, 0.15) is 5.69 Å². The average molecular weight is 302 g/mol. The van der Waals surface area contributed by atoms with E-state index >= 15 is 0 Å². The van der Waals surface area contributed by atoms with Gasteiger partial charge in [0.15, 0.2) is 0 Å². The van der Waals surface area contributed by atoms with Crippen molar-refractivity contribution in [3.8, 4) is 0 Å². The molecule has 2 aliphatic rings. The molecule has 3 heterocycles. The molecule has 2 unspecified atom stereocenters. The lowest BCUT2D eigenvalue weighted by Crippen LogP contribution is -2.59. The standard InChI is InChI=1S/C14H17F3N2O2/c1-19-10-5-13(20,6-11(19)8-21-7-10)9-2-3-18-12(4-9)14(15,16)17/h2-4,10-11,20H,5-8H2,1H3. The van der Waals surface area contributed by atoms with E-state index in [0.717, 1.165) is 12.3 Å². The highest BCUT2D eigenvalue weighted by atomic mass is 19.4. The average Bonchev–Trinajstić information content (AvgIpc) is 2.40. The van der Waals surface area contributed by atoms with Gasteiger partial charge in [-0.25, -0.2) is 0 Å². The molecule has 1 aromatic rings. The Morgan fingerprint density at radius 2 is 1.95 bits per heavy atom. The van der Waals surface area contributed by atoms with Gasteiger partial charge < -0.3 is 9.84 Å². The molecule has 1 N–H and O–H groups in total. The third-order valence-corrected chi connectivity index (χ3v) is 4.51. The summed E-state index contributed by atoms with van der Waals surface area (Å²) in [4.78, 5) is 5.50. The van der Waals surface area contributed by atoms with Crippen molar-refractivity contribution in [3.63, 3.8) is 0 Å². The molecule has 0 radical (unpaired) electrons. The van der Waals surface area contributed by atoms with Crippen molar-refractivity contribution in [1.29, 1.82) is 0 Å². The number of likely N-dealkylation sites (N-methyl/N-ethyl adjacent to an activating group) is 1. The molecular formula is C14H17F3N2O2. The second-order valence-corrected chi connectivity index (χ2v) is 5.88. The Bertz CT molecular complexity index is 521. The third-order valence-electron chi connectivity index (χ3n) is 4.51. The Morgan fingerprint density at radius 3 is 2.52 bits per heavy atom. The molecular weight excluding hydrogens is 285 g/mol. The number of morpholine rings is 1. The zero-order valence-corrected chi connectivity index (χ0v) is 11.6. The summed E-state index contributed by atoms with van der Waals surface area (Å²) in [5, 5.41) is 10.9. The highest BCUT2D eigenvalue weighted by molar-refractivity contribution is 5.26. The topological polar surface area (TPSA) is 45.6 Å². The molecule has 4 nitrogen and oxygen atoms in total. The number of nitrogens with zero attached hydrogens (tertiary/aromatic N) is 2. The SMILES string of the molecule is CN1C2COCC1CC(O)(c1ccnc(C(F)(F)F)c1)C2. The maximum atomic E-state index is 12.8. The van der Waals surface area contributed by atoms with Gasteiger partial charge in [-0.05, 0) is 37.6 Å². The van der Waals surface area contributed by atoms with E-state index < -0.39 is 17.5 Å². The number of piperidine rings is 1. The van der Waals surface area contributed by atoms with Crippen molar-refractivity contribution in [3.05, 3.63) is 29.6 Å². The van der Waals surface area contributed by atoms with Gasteiger partial charge in [-0.15, -0.1) is 0 Å². The fraction of sp³-hybridized carbons (Fsp3) is 0.643. The van der Waals surface area contributed by atoms with Gasteiger partial charge in [0, 0.05) is 18.3 Å². The summed E-state index contributed by atoms with van der Waals surface area (Å²) in [6.07, 6.45) is -2.67. The first-order valence-corrected chi connectivity index (χ1v) is 6.85. The molecule has 116 valence electrons. The van der Waals surface area contributed by atoms with Crippen LogP contribution in [0.5, 0.6) is 0 Å². The monoisotopic (exact) mass is 302 g/mol. The van der Waals surface area contributed by atoms with Crippen molar-refractivity contribution in [2.45, 2.75) is 36.7 Å². The van der Waals surface area contributed by atoms with Gasteiger partial charge in [0.25, 0.3) is 0 Å². The van der Waals surface area contributed by atoms with Gasteiger partial charge in [-0.2, -0.15) is 13.2 Å². The molecule has 3 rings (SSSR count). The lowest BCUT2D eigenvalue weighted by atomic mass is 9.77. The van der Waals surface area contributed by atoms with Gasteiger partial charge in [-0.3, -0.25) is 9.88 Å². The summed E-state index contributed by atoms with van der Waals surface area (Å²) in [5.41, 5.74) is -1.93. The largest absolute Gasteiger partial charge is 0.433 e. The molecule has 2 atom stereocenters. The van der Waals surface area contributed by atoms with Crippen molar-refractivity contribution < 1.29 is 23.0 Å². The molecule has 21 heavy (non-hydrogen) atoms. The number of pyridine rings is 1. The van der Waals surface area contributed by atoms with Crippen molar-refractivity contribution in [2.75, 3.05) is 20.3 Å². The van der Waals surface area contributed by atoms with Crippen LogP contribution in [-0.2, 0) is 16.5 Å². The van der Waals surface area contributed by atoms with Crippen molar-refractivity contribution >= 4 is 0 Å². The Balaban J connectivity index is 1.93. The van der Waals surface area contributed by atoms with Gasteiger partial charge in [0.2, 0.25) is 0 Å². The summed E-state index contributed by atoms with van der Waals surface area (Å²) < 4.78 is 43.8. The number of ether oxygens (including phenoxy) is 1. The molecule has 7 heteroatoms. The number of alkyl halides is 3. The van der Waals surface area contributed by atoms with E-state index in [9.17, 15) is 18.3 Å². The molecule has 1 aromatic heterocycles.